The van der Waals surface area contributed by atoms with Gasteiger partial charge in [-0.1, -0.05) is 23.7 Å². The fourth-order valence-electron chi connectivity index (χ4n) is 2.21. The normalized spacial score (nSPS) is 11.7. The number of aryl methyl sites for hydroxylation is 3. The predicted octanol–water partition coefficient (Wildman–Crippen LogP) is 4.96. The van der Waals surface area contributed by atoms with Crippen LogP contribution in [0.1, 0.15) is 23.6 Å². The van der Waals surface area contributed by atoms with E-state index in [1.807, 2.05) is 51.1 Å². The summed E-state index contributed by atoms with van der Waals surface area (Å²) >= 11 is 7.36. The van der Waals surface area contributed by atoms with E-state index in [0.717, 1.165) is 16.8 Å². The van der Waals surface area contributed by atoms with E-state index < -0.39 is 0 Å². The molecule has 0 bridgehead atoms. The van der Waals surface area contributed by atoms with Crippen molar-refractivity contribution in [2.24, 2.45) is 0 Å². The van der Waals surface area contributed by atoms with Crippen LogP contribution in [0.4, 0.5) is 11.4 Å². The van der Waals surface area contributed by atoms with Gasteiger partial charge < -0.3 is 10.6 Å². The largest absolute Gasteiger partial charge is 0.325 e. The Morgan fingerprint density at radius 2 is 1.58 bits per heavy atom. The molecule has 0 aliphatic carbocycles. The third kappa shape index (κ3) is 5.78. The van der Waals surface area contributed by atoms with Crippen molar-refractivity contribution in [3.63, 3.8) is 0 Å². The molecule has 138 valence electrons. The molecular formula is C20H23ClN2O2S. The van der Waals surface area contributed by atoms with Gasteiger partial charge in [0.15, 0.2) is 0 Å². The number of rotatable bonds is 6. The van der Waals surface area contributed by atoms with Crippen LogP contribution in [0.25, 0.3) is 0 Å². The number of amides is 2. The zero-order valence-corrected chi connectivity index (χ0v) is 16.9. The standard InChI is InChI=1S/C20H23ClN2O2S/c1-12-5-7-16(9-14(12)3)22-19(24)11-26-15(4)20(25)23-17-8-6-13(2)18(21)10-17/h5-10,15H,11H2,1-4H3,(H,22,24)(H,23,25). The van der Waals surface area contributed by atoms with Gasteiger partial charge in [0.2, 0.25) is 11.8 Å². The van der Waals surface area contributed by atoms with E-state index in [2.05, 4.69) is 10.6 Å². The van der Waals surface area contributed by atoms with Crippen LogP contribution in [0.15, 0.2) is 36.4 Å². The molecule has 1 unspecified atom stereocenters. The Kier molecular flexibility index (Phi) is 7.12. The summed E-state index contributed by atoms with van der Waals surface area (Å²) < 4.78 is 0. The molecule has 2 N–H and O–H groups in total. The Hall–Kier alpha value is -1.98. The van der Waals surface area contributed by atoms with Crippen molar-refractivity contribution < 1.29 is 9.59 Å². The summed E-state index contributed by atoms with van der Waals surface area (Å²) in [5.41, 5.74) is 4.68. The number of nitrogens with one attached hydrogen (secondary N) is 2. The molecule has 0 saturated heterocycles. The Morgan fingerprint density at radius 3 is 2.19 bits per heavy atom. The lowest BCUT2D eigenvalue weighted by Crippen LogP contribution is -2.25. The lowest BCUT2D eigenvalue weighted by atomic mass is 10.1. The van der Waals surface area contributed by atoms with Crippen molar-refractivity contribution in [1.29, 1.82) is 0 Å². The second-order valence-electron chi connectivity index (χ2n) is 6.25. The van der Waals surface area contributed by atoms with E-state index in [-0.39, 0.29) is 22.8 Å². The highest BCUT2D eigenvalue weighted by molar-refractivity contribution is 8.01. The van der Waals surface area contributed by atoms with Gasteiger partial charge in [0.25, 0.3) is 0 Å². The predicted molar refractivity (Wildman–Crippen MR) is 111 cm³/mol. The molecule has 2 amide bonds. The fourth-order valence-corrected chi connectivity index (χ4v) is 3.07. The zero-order chi connectivity index (χ0) is 19.3. The van der Waals surface area contributed by atoms with Gasteiger partial charge in [0, 0.05) is 16.4 Å². The first kappa shape index (κ1) is 20.3. The summed E-state index contributed by atoms with van der Waals surface area (Å²) in [6.45, 7) is 7.71. The highest BCUT2D eigenvalue weighted by Crippen LogP contribution is 2.21. The van der Waals surface area contributed by atoms with Crippen LogP contribution >= 0.6 is 23.4 Å². The number of thioether (sulfide) groups is 1. The molecule has 0 saturated carbocycles. The first-order valence-corrected chi connectivity index (χ1v) is 9.74. The molecule has 1 atom stereocenters. The third-order valence-corrected chi connectivity index (χ3v) is 5.61. The van der Waals surface area contributed by atoms with Crippen LogP contribution in [-0.2, 0) is 9.59 Å². The monoisotopic (exact) mass is 390 g/mol. The quantitative estimate of drug-likeness (QED) is 0.732. The van der Waals surface area contributed by atoms with E-state index in [1.165, 1.54) is 17.3 Å². The number of carbonyl (C=O) groups excluding carboxylic acids is 2. The van der Waals surface area contributed by atoms with Crippen molar-refractivity contribution >= 4 is 46.6 Å². The van der Waals surface area contributed by atoms with Crippen molar-refractivity contribution in [1.82, 2.24) is 0 Å². The second-order valence-corrected chi connectivity index (χ2v) is 7.99. The van der Waals surface area contributed by atoms with Gasteiger partial charge in [-0.05, 0) is 68.7 Å². The van der Waals surface area contributed by atoms with Crippen LogP contribution in [-0.4, -0.2) is 22.8 Å². The summed E-state index contributed by atoms with van der Waals surface area (Å²) in [4.78, 5) is 24.3. The van der Waals surface area contributed by atoms with Crippen molar-refractivity contribution in [2.75, 3.05) is 16.4 Å². The average Bonchev–Trinajstić information content (AvgIpc) is 2.59. The topological polar surface area (TPSA) is 58.2 Å². The van der Waals surface area contributed by atoms with Gasteiger partial charge >= 0.3 is 0 Å². The van der Waals surface area contributed by atoms with Gasteiger partial charge in [-0.25, -0.2) is 0 Å². The first-order chi connectivity index (χ1) is 12.3. The number of hydrogen-bond donors (Lipinski definition) is 2. The maximum atomic E-state index is 12.3. The fraction of sp³-hybridized carbons (Fsp3) is 0.300. The van der Waals surface area contributed by atoms with E-state index in [4.69, 9.17) is 11.6 Å². The van der Waals surface area contributed by atoms with Crippen LogP contribution in [0.5, 0.6) is 0 Å². The molecule has 2 rings (SSSR count). The molecule has 0 aliphatic heterocycles. The minimum atomic E-state index is -0.361. The Labute approximate surface area is 163 Å². The molecular weight excluding hydrogens is 368 g/mol. The Morgan fingerprint density at radius 1 is 0.962 bits per heavy atom. The van der Waals surface area contributed by atoms with E-state index in [1.54, 1.807) is 13.0 Å². The molecule has 0 aliphatic rings. The number of carbonyl (C=O) groups is 2. The minimum absolute atomic E-state index is 0.128. The van der Waals surface area contributed by atoms with Crippen LogP contribution in [0.3, 0.4) is 0 Å². The molecule has 0 aromatic heterocycles. The van der Waals surface area contributed by atoms with Crippen LogP contribution in [0.2, 0.25) is 5.02 Å². The summed E-state index contributed by atoms with van der Waals surface area (Å²) in [7, 11) is 0. The van der Waals surface area contributed by atoms with E-state index in [9.17, 15) is 9.59 Å². The first-order valence-electron chi connectivity index (χ1n) is 8.32. The maximum Gasteiger partial charge on any atom is 0.237 e. The number of hydrogen-bond acceptors (Lipinski definition) is 3. The zero-order valence-electron chi connectivity index (χ0n) is 15.4. The lowest BCUT2D eigenvalue weighted by Gasteiger charge is -2.13. The summed E-state index contributed by atoms with van der Waals surface area (Å²) in [5, 5.41) is 5.93. The highest BCUT2D eigenvalue weighted by Gasteiger charge is 2.16. The smallest absolute Gasteiger partial charge is 0.237 e. The Balaban J connectivity index is 1.83. The average molecular weight is 391 g/mol. The number of anilines is 2. The molecule has 4 nitrogen and oxygen atoms in total. The van der Waals surface area contributed by atoms with E-state index >= 15 is 0 Å². The SMILES string of the molecule is Cc1ccc(NC(=O)CSC(C)C(=O)Nc2ccc(C)c(Cl)c2)cc1C. The van der Waals surface area contributed by atoms with Gasteiger partial charge in [-0.2, -0.15) is 0 Å². The van der Waals surface area contributed by atoms with Crippen LogP contribution < -0.4 is 10.6 Å². The Bertz CT molecular complexity index is 823. The number of benzene rings is 2. The summed E-state index contributed by atoms with van der Waals surface area (Å²) in [6.07, 6.45) is 0. The highest BCUT2D eigenvalue weighted by atomic mass is 35.5. The maximum absolute atomic E-state index is 12.3. The van der Waals surface area contributed by atoms with Gasteiger partial charge in [-0.3, -0.25) is 9.59 Å². The molecule has 6 heteroatoms. The molecule has 0 heterocycles. The third-order valence-electron chi connectivity index (χ3n) is 4.06. The van der Waals surface area contributed by atoms with Crippen molar-refractivity contribution in [3.05, 3.63) is 58.1 Å². The van der Waals surface area contributed by atoms with Crippen molar-refractivity contribution in [3.8, 4) is 0 Å². The van der Waals surface area contributed by atoms with Crippen molar-refractivity contribution in [2.45, 2.75) is 32.9 Å². The molecule has 0 spiro atoms. The molecule has 26 heavy (non-hydrogen) atoms. The second kappa shape index (κ2) is 9.10. The van der Waals surface area contributed by atoms with Gasteiger partial charge in [-0.15, -0.1) is 11.8 Å². The summed E-state index contributed by atoms with van der Waals surface area (Å²) in [5.74, 6) is -0.0823. The molecule has 2 aromatic carbocycles. The lowest BCUT2D eigenvalue weighted by molar-refractivity contribution is -0.115. The van der Waals surface area contributed by atoms with Crippen LogP contribution in [0, 0.1) is 20.8 Å². The van der Waals surface area contributed by atoms with E-state index in [0.29, 0.717) is 10.7 Å². The summed E-state index contributed by atoms with van der Waals surface area (Å²) in [6, 6.07) is 11.2. The van der Waals surface area contributed by atoms with Gasteiger partial charge in [0.05, 0.1) is 11.0 Å². The van der Waals surface area contributed by atoms with Gasteiger partial charge in [0.1, 0.15) is 0 Å². The number of halogens is 1. The minimum Gasteiger partial charge on any atom is -0.325 e. The molecule has 0 fully saturated rings. The molecule has 2 aromatic rings. The molecule has 0 radical (unpaired) electrons.